The molecule has 2 heterocycles. The molecule has 22 heavy (non-hydrogen) atoms. The maximum Gasteiger partial charge on any atom is 0.260 e. The third kappa shape index (κ3) is 3.18. The second-order valence-electron chi connectivity index (χ2n) is 5.77. The molecule has 2 aromatic rings. The fourth-order valence-corrected chi connectivity index (χ4v) is 2.92. The van der Waals surface area contributed by atoms with Crippen LogP contribution in [0, 0.1) is 12.7 Å². The van der Waals surface area contributed by atoms with Gasteiger partial charge in [0.25, 0.3) is 5.89 Å². The molecule has 1 fully saturated rings. The minimum Gasteiger partial charge on any atom is -0.334 e. The highest BCUT2D eigenvalue weighted by Crippen LogP contribution is 2.23. The lowest BCUT2D eigenvalue weighted by atomic mass is 10.1. The molecule has 1 atom stereocenters. The minimum atomic E-state index is -0.341. The van der Waals surface area contributed by atoms with Crippen LogP contribution in [-0.2, 0) is 6.54 Å². The SMILES string of the molecule is CNC1CCCCN1Cc1noc(-c2cc(C)ccc2F)n1. The summed E-state index contributed by atoms with van der Waals surface area (Å²) in [6.45, 7) is 3.53. The quantitative estimate of drug-likeness (QED) is 0.941. The molecule has 1 N–H and O–H groups in total. The van der Waals surface area contributed by atoms with Crippen molar-refractivity contribution < 1.29 is 8.91 Å². The summed E-state index contributed by atoms with van der Waals surface area (Å²) in [6, 6.07) is 4.88. The molecule has 5 nitrogen and oxygen atoms in total. The Morgan fingerprint density at radius 1 is 1.41 bits per heavy atom. The van der Waals surface area contributed by atoms with Crippen LogP contribution in [0.25, 0.3) is 11.5 Å². The molecule has 0 spiro atoms. The molecule has 1 aromatic heterocycles. The van der Waals surface area contributed by atoms with Crippen LogP contribution in [0.5, 0.6) is 0 Å². The van der Waals surface area contributed by atoms with E-state index in [-0.39, 0.29) is 11.7 Å². The Kier molecular flexibility index (Phi) is 4.49. The lowest BCUT2D eigenvalue weighted by Gasteiger charge is -2.34. The van der Waals surface area contributed by atoms with Crippen LogP contribution < -0.4 is 5.32 Å². The van der Waals surface area contributed by atoms with Crippen LogP contribution in [0.4, 0.5) is 4.39 Å². The number of hydrogen-bond donors (Lipinski definition) is 1. The topological polar surface area (TPSA) is 54.2 Å². The lowest BCUT2D eigenvalue weighted by Crippen LogP contribution is -2.46. The first-order valence-corrected chi connectivity index (χ1v) is 7.68. The number of piperidine rings is 1. The van der Waals surface area contributed by atoms with Crippen molar-refractivity contribution in [2.75, 3.05) is 13.6 Å². The number of benzene rings is 1. The Hall–Kier alpha value is -1.79. The van der Waals surface area contributed by atoms with Gasteiger partial charge in [0.05, 0.1) is 18.3 Å². The van der Waals surface area contributed by atoms with Gasteiger partial charge >= 0.3 is 0 Å². The molecule has 0 amide bonds. The lowest BCUT2D eigenvalue weighted by molar-refractivity contribution is 0.115. The van der Waals surface area contributed by atoms with Gasteiger partial charge in [-0.1, -0.05) is 16.8 Å². The summed E-state index contributed by atoms with van der Waals surface area (Å²) in [6.07, 6.45) is 3.86. The Morgan fingerprint density at radius 3 is 3.09 bits per heavy atom. The van der Waals surface area contributed by atoms with Crippen molar-refractivity contribution in [2.45, 2.75) is 38.9 Å². The number of hydrogen-bond acceptors (Lipinski definition) is 5. The van der Waals surface area contributed by atoms with E-state index < -0.39 is 0 Å². The average molecular weight is 304 g/mol. The molecular weight excluding hydrogens is 283 g/mol. The summed E-state index contributed by atoms with van der Waals surface area (Å²) >= 11 is 0. The number of nitrogens with zero attached hydrogens (tertiary/aromatic N) is 3. The third-order valence-electron chi connectivity index (χ3n) is 4.11. The van der Waals surface area contributed by atoms with E-state index in [1.54, 1.807) is 12.1 Å². The number of nitrogens with one attached hydrogen (secondary N) is 1. The Balaban J connectivity index is 1.77. The fourth-order valence-electron chi connectivity index (χ4n) is 2.92. The number of rotatable bonds is 4. The average Bonchev–Trinajstić information content (AvgIpc) is 2.98. The van der Waals surface area contributed by atoms with Crippen LogP contribution >= 0.6 is 0 Å². The molecular formula is C16H21FN4O. The Bertz CT molecular complexity index is 643. The van der Waals surface area contributed by atoms with Gasteiger partial charge in [-0.15, -0.1) is 0 Å². The molecule has 1 unspecified atom stereocenters. The number of aryl methyl sites for hydroxylation is 1. The summed E-state index contributed by atoms with van der Waals surface area (Å²) in [4.78, 5) is 6.65. The minimum absolute atomic E-state index is 0.245. The monoisotopic (exact) mass is 304 g/mol. The van der Waals surface area contributed by atoms with Gasteiger partial charge in [-0.2, -0.15) is 4.98 Å². The second kappa shape index (κ2) is 6.54. The molecule has 0 saturated carbocycles. The predicted molar refractivity (Wildman–Crippen MR) is 81.5 cm³/mol. The molecule has 0 radical (unpaired) electrons. The van der Waals surface area contributed by atoms with E-state index in [1.807, 2.05) is 14.0 Å². The van der Waals surface area contributed by atoms with E-state index in [2.05, 4.69) is 20.4 Å². The molecule has 1 aliphatic rings. The van der Waals surface area contributed by atoms with Gasteiger partial charge in [0.2, 0.25) is 0 Å². The van der Waals surface area contributed by atoms with Crippen molar-refractivity contribution in [3.8, 4) is 11.5 Å². The second-order valence-corrected chi connectivity index (χ2v) is 5.77. The zero-order valence-corrected chi connectivity index (χ0v) is 13.0. The largest absolute Gasteiger partial charge is 0.334 e. The van der Waals surface area contributed by atoms with E-state index in [0.29, 0.717) is 24.1 Å². The highest BCUT2D eigenvalue weighted by molar-refractivity contribution is 5.55. The first kappa shape index (κ1) is 15.1. The highest BCUT2D eigenvalue weighted by Gasteiger charge is 2.23. The summed E-state index contributed by atoms with van der Waals surface area (Å²) in [5, 5.41) is 7.31. The molecule has 1 aromatic carbocycles. The van der Waals surface area contributed by atoms with Gasteiger partial charge in [-0.05, 0) is 45.4 Å². The van der Waals surface area contributed by atoms with Gasteiger partial charge < -0.3 is 9.84 Å². The number of aromatic nitrogens is 2. The zero-order chi connectivity index (χ0) is 15.5. The van der Waals surface area contributed by atoms with Crippen molar-refractivity contribution in [3.63, 3.8) is 0 Å². The zero-order valence-electron chi connectivity index (χ0n) is 13.0. The first-order valence-electron chi connectivity index (χ1n) is 7.68. The van der Waals surface area contributed by atoms with Gasteiger partial charge in [0.1, 0.15) is 5.82 Å². The number of likely N-dealkylation sites (tertiary alicyclic amines) is 1. The van der Waals surface area contributed by atoms with Gasteiger partial charge in [0.15, 0.2) is 5.82 Å². The van der Waals surface area contributed by atoms with Gasteiger partial charge in [-0.25, -0.2) is 4.39 Å². The molecule has 118 valence electrons. The maximum absolute atomic E-state index is 13.9. The van der Waals surface area contributed by atoms with Crippen LogP contribution in [-0.4, -0.2) is 34.8 Å². The maximum atomic E-state index is 13.9. The first-order chi connectivity index (χ1) is 10.7. The normalized spacial score (nSPS) is 19.5. The van der Waals surface area contributed by atoms with E-state index in [9.17, 15) is 4.39 Å². The van der Waals surface area contributed by atoms with Crippen molar-refractivity contribution in [3.05, 3.63) is 35.4 Å². The van der Waals surface area contributed by atoms with Crippen molar-refractivity contribution in [1.82, 2.24) is 20.4 Å². The van der Waals surface area contributed by atoms with Crippen molar-refractivity contribution >= 4 is 0 Å². The van der Waals surface area contributed by atoms with Gasteiger partial charge in [-0.3, -0.25) is 4.90 Å². The number of halogens is 1. The molecule has 1 saturated heterocycles. The van der Waals surface area contributed by atoms with Crippen LogP contribution in [0.2, 0.25) is 0 Å². The van der Waals surface area contributed by atoms with E-state index in [0.717, 1.165) is 18.5 Å². The standard InChI is InChI=1S/C16H21FN4O/c1-11-6-7-13(17)12(9-11)16-19-14(20-22-16)10-21-8-4-3-5-15(21)18-2/h6-7,9,15,18H,3-5,8,10H2,1-2H3. The summed E-state index contributed by atoms with van der Waals surface area (Å²) in [7, 11) is 1.97. The third-order valence-corrected chi connectivity index (χ3v) is 4.11. The molecule has 1 aliphatic heterocycles. The molecule has 0 bridgehead atoms. The molecule has 6 heteroatoms. The van der Waals surface area contributed by atoms with E-state index in [4.69, 9.17) is 4.52 Å². The predicted octanol–water partition coefficient (Wildman–Crippen LogP) is 2.72. The highest BCUT2D eigenvalue weighted by atomic mass is 19.1. The van der Waals surface area contributed by atoms with Crippen LogP contribution in [0.3, 0.4) is 0 Å². The molecule has 0 aliphatic carbocycles. The van der Waals surface area contributed by atoms with E-state index >= 15 is 0 Å². The summed E-state index contributed by atoms with van der Waals surface area (Å²) < 4.78 is 19.1. The van der Waals surface area contributed by atoms with Gasteiger partial charge in [0, 0.05) is 6.54 Å². The van der Waals surface area contributed by atoms with Crippen LogP contribution in [0.15, 0.2) is 22.7 Å². The Morgan fingerprint density at radius 2 is 2.27 bits per heavy atom. The smallest absolute Gasteiger partial charge is 0.260 e. The summed E-state index contributed by atoms with van der Waals surface area (Å²) in [5.74, 6) is 0.499. The molecule has 3 rings (SSSR count). The van der Waals surface area contributed by atoms with Crippen LogP contribution in [0.1, 0.15) is 30.7 Å². The summed E-state index contributed by atoms with van der Waals surface area (Å²) in [5.41, 5.74) is 1.32. The Labute approximate surface area is 129 Å². The fraction of sp³-hybridized carbons (Fsp3) is 0.500. The van der Waals surface area contributed by atoms with Crippen molar-refractivity contribution in [2.24, 2.45) is 0 Å². The van der Waals surface area contributed by atoms with E-state index in [1.165, 1.54) is 18.9 Å². The van der Waals surface area contributed by atoms with Crippen molar-refractivity contribution in [1.29, 1.82) is 0 Å².